The molecular formula is C28H34F3N3O6. The molecule has 1 aliphatic carbocycles. The number of hydrogen-bond donors (Lipinski definition) is 2. The Kier molecular flexibility index (Phi) is 8.74. The number of nitrogens with zero attached hydrogens (tertiary/aromatic N) is 2. The Morgan fingerprint density at radius 3 is 2.67 bits per heavy atom. The minimum Gasteiger partial charge on any atom is -0.479 e. The maximum atomic E-state index is 14.3. The first-order chi connectivity index (χ1) is 18.9. The largest absolute Gasteiger partial charge is 0.479 e. The van der Waals surface area contributed by atoms with Crippen molar-refractivity contribution in [3.8, 4) is 0 Å². The van der Waals surface area contributed by atoms with Gasteiger partial charge in [0.15, 0.2) is 0 Å². The summed E-state index contributed by atoms with van der Waals surface area (Å²) in [4.78, 5) is 50.7. The van der Waals surface area contributed by atoms with Crippen molar-refractivity contribution in [3.05, 3.63) is 47.3 Å². The number of unbranched alkanes of at least 4 members (excludes halogenated alkanes) is 1. The lowest BCUT2D eigenvalue weighted by molar-refractivity contribution is -0.143. The highest BCUT2D eigenvalue weighted by Crippen LogP contribution is 2.45. The minimum atomic E-state index is -3.00. The number of hydrogen-bond acceptors (Lipinski definition) is 5. The molecule has 9 nitrogen and oxygen atoms in total. The fourth-order valence-corrected chi connectivity index (χ4v) is 5.38. The van der Waals surface area contributed by atoms with Crippen molar-refractivity contribution >= 4 is 23.9 Å². The normalized spacial score (nSPS) is 23.8. The van der Waals surface area contributed by atoms with E-state index >= 15 is 0 Å². The first kappa shape index (κ1) is 29.4. The van der Waals surface area contributed by atoms with Crippen LogP contribution >= 0.6 is 0 Å². The lowest BCUT2D eigenvalue weighted by Gasteiger charge is -2.20. The molecular weight excluding hydrogens is 531 g/mol. The van der Waals surface area contributed by atoms with Gasteiger partial charge in [-0.1, -0.05) is 24.3 Å². The maximum absolute atomic E-state index is 14.3. The van der Waals surface area contributed by atoms with Crippen LogP contribution in [0.2, 0.25) is 0 Å². The maximum Gasteiger partial charge on any atom is 0.410 e. The average Bonchev–Trinajstić information content (AvgIpc) is 3.21. The second-order valence-electron chi connectivity index (χ2n) is 10.8. The zero-order valence-corrected chi connectivity index (χ0v) is 22.3. The molecule has 1 saturated heterocycles. The summed E-state index contributed by atoms with van der Waals surface area (Å²) in [6.07, 6.45) is 1.83. The third kappa shape index (κ3) is 6.95. The molecule has 0 unspecified atom stereocenters. The van der Waals surface area contributed by atoms with E-state index in [1.54, 1.807) is 17.0 Å². The van der Waals surface area contributed by atoms with E-state index in [4.69, 9.17) is 4.74 Å². The van der Waals surface area contributed by atoms with Gasteiger partial charge in [0.2, 0.25) is 11.8 Å². The number of allylic oxidation sites excluding steroid dienone is 1. The van der Waals surface area contributed by atoms with E-state index < -0.39 is 54.3 Å². The molecule has 3 amide bonds. The first-order valence-electron chi connectivity index (χ1n) is 13.5. The summed E-state index contributed by atoms with van der Waals surface area (Å²) in [7, 11) is 0. The van der Waals surface area contributed by atoms with Crippen LogP contribution in [0.25, 0.3) is 0 Å². The third-order valence-corrected chi connectivity index (χ3v) is 7.71. The average molecular weight is 566 g/mol. The number of rotatable bonds is 11. The van der Waals surface area contributed by atoms with Crippen molar-refractivity contribution in [2.75, 3.05) is 13.1 Å². The van der Waals surface area contributed by atoms with Gasteiger partial charge in [-0.15, -0.1) is 0 Å². The molecule has 2 aliphatic heterocycles. The van der Waals surface area contributed by atoms with Crippen LogP contribution in [-0.2, 0) is 32.2 Å². The van der Waals surface area contributed by atoms with Crippen LogP contribution in [0, 0.1) is 11.7 Å². The Labute approximate surface area is 230 Å². The van der Waals surface area contributed by atoms with Crippen molar-refractivity contribution in [1.82, 2.24) is 15.1 Å². The van der Waals surface area contributed by atoms with Crippen LogP contribution in [0.1, 0.15) is 63.0 Å². The Morgan fingerprint density at radius 1 is 1.20 bits per heavy atom. The van der Waals surface area contributed by atoms with Crippen LogP contribution in [0.4, 0.5) is 18.0 Å². The van der Waals surface area contributed by atoms with Crippen molar-refractivity contribution in [2.24, 2.45) is 5.92 Å². The monoisotopic (exact) mass is 565 g/mol. The molecule has 0 radical (unpaired) electrons. The smallest absolute Gasteiger partial charge is 0.410 e. The molecule has 218 valence electrons. The summed E-state index contributed by atoms with van der Waals surface area (Å²) in [5, 5.41) is 11.7. The van der Waals surface area contributed by atoms with E-state index in [2.05, 4.69) is 5.32 Å². The molecule has 2 fully saturated rings. The fourth-order valence-electron chi connectivity index (χ4n) is 5.38. The van der Waals surface area contributed by atoms with Crippen molar-refractivity contribution in [2.45, 2.75) is 82.5 Å². The fraction of sp³-hybridized carbons (Fsp3) is 0.571. The molecule has 12 heteroatoms. The molecule has 2 N–H and O–H groups in total. The number of likely N-dealkylation sites (tertiary alicyclic amines) is 1. The van der Waals surface area contributed by atoms with Crippen LogP contribution in [0.15, 0.2) is 30.4 Å². The molecule has 0 spiro atoms. The number of amides is 3. The molecule has 1 saturated carbocycles. The molecule has 2 heterocycles. The van der Waals surface area contributed by atoms with Gasteiger partial charge in [0.05, 0.1) is 13.1 Å². The van der Waals surface area contributed by atoms with E-state index in [1.807, 2.05) is 0 Å². The zero-order valence-electron chi connectivity index (χ0n) is 22.3. The summed E-state index contributed by atoms with van der Waals surface area (Å²) in [6, 6.07) is 4.72. The van der Waals surface area contributed by atoms with E-state index in [-0.39, 0.29) is 57.0 Å². The molecule has 4 rings (SSSR count). The van der Waals surface area contributed by atoms with Gasteiger partial charge in [0.1, 0.15) is 17.5 Å². The number of carboxylic acids is 1. The van der Waals surface area contributed by atoms with Crippen molar-refractivity contribution in [3.63, 3.8) is 0 Å². The van der Waals surface area contributed by atoms with Crippen molar-refractivity contribution in [1.29, 1.82) is 0 Å². The summed E-state index contributed by atoms with van der Waals surface area (Å²) < 4.78 is 48.0. The molecule has 40 heavy (non-hydrogen) atoms. The number of alkyl halides is 2. The summed E-state index contributed by atoms with van der Waals surface area (Å²) in [5.74, 6) is -5.75. The van der Waals surface area contributed by atoms with Crippen LogP contribution in [0.5, 0.6) is 0 Å². The molecule has 0 bridgehead atoms. The van der Waals surface area contributed by atoms with Crippen molar-refractivity contribution < 1.29 is 42.2 Å². The Bertz CT molecular complexity index is 1190. The quantitative estimate of drug-likeness (QED) is 0.310. The van der Waals surface area contributed by atoms with Crippen LogP contribution in [-0.4, -0.2) is 69.4 Å². The number of carbonyl (C=O) groups excluding carboxylic acids is 3. The second kappa shape index (κ2) is 11.9. The Balaban J connectivity index is 1.12. The van der Waals surface area contributed by atoms with Gasteiger partial charge in [-0.05, 0) is 30.9 Å². The van der Waals surface area contributed by atoms with E-state index in [9.17, 15) is 37.5 Å². The Hall–Kier alpha value is -3.57. The van der Waals surface area contributed by atoms with Crippen LogP contribution in [0.3, 0.4) is 0 Å². The van der Waals surface area contributed by atoms with Gasteiger partial charge in [-0.3, -0.25) is 14.5 Å². The summed E-state index contributed by atoms with van der Waals surface area (Å²) in [6.45, 7) is 2.25. The first-order valence-corrected chi connectivity index (χ1v) is 13.5. The standard InChI is InChI=1S/C28H34F3N3O6/c1-18(35)32-28(25(37)38)14-20(28)7-5-12-27(30,31)11-3-2-9-24(36)33-13-10-21(16-33)40-26(39)34-15-19-6-4-8-23(29)22(19)17-34/h4-8,20-21H,2-3,9-17H2,1H3,(H,32,35)(H,37,38)/b7-5-/t20-,21-,28-/m1/s1. The number of ether oxygens (including phenoxy) is 1. The molecule has 1 aromatic carbocycles. The number of aliphatic carboxylic acids is 1. The highest BCUT2D eigenvalue weighted by molar-refractivity contribution is 5.90. The van der Waals surface area contributed by atoms with E-state index in [0.29, 0.717) is 18.5 Å². The lowest BCUT2D eigenvalue weighted by Crippen LogP contribution is -2.43. The van der Waals surface area contributed by atoms with Gasteiger partial charge in [0, 0.05) is 57.2 Å². The Morgan fingerprint density at radius 2 is 1.98 bits per heavy atom. The van der Waals surface area contributed by atoms with Gasteiger partial charge >= 0.3 is 12.1 Å². The summed E-state index contributed by atoms with van der Waals surface area (Å²) in [5.41, 5.74) is -0.189. The second-order valence-corrected chi connectivity index (χ2v) is 10.8. The van der Waals surface area contributed by atoms with Gasteiger partial charge in [-0.25, -0.2) is 22.8 Å². The van der Waals surface area contributed by atoms with E-state index in [0.717, 1.165) is 5.56 Å². The molecule has 1 aromatic rings. The highest BCUT2D eigenvalue weighted by atomic mass is 19.3. The van der Waals surface area contributed by atoms with Gasteiger partial charge in [-0.2, -0.15) is 0 Å². The number of benzene rings is 1. The third-order valence-electron chi connectivity index (χ3n) is 7.71. The predicted octanol–water partition coefficient (Wildman–Crippen LogP) is 4.00. The zero-order chi connectivity index (χ0) is 29.1. The topological polar surface area (TPSA) is 116 Å². The number of carboxylic acid groups (broad SMARTS) is 1. The predicted molar refractivity (Wildman–Crippen MR) is 137 cm³/mol. The number of carbonyl (C=O) groups is 4. The number of fused-ring (bicyclic) bond motifs is 1. The minimum absolute atomic E-state index is 0.104. The highest BCUT2D eigenvalue weighted by Gasteiger charge is 2.60. The molecule has 3 atom stereocenters. The molecule has 0 aromatic heterocycles. The molecule has 3 aliphatic rings. The SMILES string of the molecule is CC(=O)N[C@]1(C(=O)O)C[C@H]1/C=C\CC(F)(F)CCCCC(=O)N1CC[C@@H](OC(=O)N2Cc3cccc(F)c3C2)C1. The number of nitrogens with one attached hydrogen (secondary N) is 1. The number of halogens is 3. The summed E-state index contributed by atoms with van der Waals surface area (Å²) >= 11 is 0. The van der Waals surface area contributed by atoms with Gasteiger partial charge in [0.25, 0.3) is 5.92 Å². The van der Waals surface area contributed by atoms with Gasteiger partial charge < -0.3 is 20.1 Å². The van der Waals surface area contributed by atoms with Crippen LogP contribution < -0.4 is 5.32 Å². The van der Waals surface area contributed by atoms with E-state index in [1.165, 1.54) is 30.0 Å². The lowest BCUT2D eigenvalue weighted by atomic mass is 10.1.